The summed E-state index contributed by atoms with van der Waals surface area (Å²) < 4.78 is 5.38. The van der Waals surface area contributed by atoms with Gasteiger partial charge >= 0.3 is 11.9 Å². The average Bonchev–Trinajstić information content (AvgIpc) is 2.94. The van der Waals surface area contributed by atoms with Crippen molar-refractivity contribution in [1.82, 2.24) is 0 Å². The molecule has 1 aromatic carbocycles. The van der Waals surface area contributed by atoms with E-state index in [1.807, 2.05) is 39.8 Å². The predicted octanol–water partition coefficient (Wildman–Crippen LogP) is 11.1. The van der Waals surface area contributed by atoms with Crippen LogP contribution >= 0.6 is 0 Å². The Morgan fingerprint density at radius 1 is 0.744 bits per heavy atom. The number of hydrogen-bond donors (Lipinski definition) is 1. The van der Waals surface area contributed by atoms with E-state index in [0.717, 1.165) is 24.8 Å². The van der Waals surface area contributed by atoms with Crippen molar-refractivity contribution in [2.75, 3.05) is 6.61 Å². The highest BCUT2D eigenvalue weighted by Gasteiger charge is 2.26. The van der Waals surface area contributed by atoms with Gasteiger partial charge in [-0.1, -0.05) is 142 Å². The van der Waals surface area contributed by atoms with E-state index in [9.17, 15) is 9.59 Å². The molecule has 0 aliphatic heterocycles. The second-order valence-electron chi connectivity index (χ2n) is 11.9. The highest BCUT2D eigenvalue weighted by molar-refractivity contribution is 5.89. The molecule has 0 heterocycles. The zero-order chi connectivity index (χ0) is 29.4. The number of esters is 1. The molecule has 0 fully saturated rings. The van der Waals surface area contributed by atoms with Crippen LogP contribution in [-0.4, -0.2) is 23.7 Å². The van der Waals surface area contributed by atoms with Gasteiger partial charge in [0.1, 0.15) is 0 Å². The number of carbonyl (C=O) groups excluding carboxylic acids is 1. The van der Waals surface area contributed by atoms with Crippen LogP contribution in [0.1, 0.15) is 179 Å². The molecule has 1 unspecified atom stereocenters. The van der Waals surface area contributed by atoms with E-state index in [0.29, 0.717) is 18.1 Å². The summed E-state index contributed by atoms with van der Waals surface area (Å²) in [7, 11) is 0. The zero-order valence-corrected chi connectivity index (χ0v) is 26.5. The first kappa shape index (κ1) is 37.2. The SMILES string of the molecule is CCC(C)c1ccccc1C(=O)O.CCCCCCCCCCCCCCCCCCOC(=O)C(C)(C)CC. The van der Waals surface area contributed by atoms with Crippen LogP contribution in [0.15, 0.2) is 24.3 Å². The third kappa shape index (κ3) is 19.0. The van der Waals surface area contributed by atoms with Gasteiger partial charge in [0.25, 0.3) is 0 Å². The van der Waals surface area contributed by atoms with Crippen LogP contribution in [0, 0.1) is 5.41 Å². The smallest absolute Gasteiger partial charge is 0.335 e. The van der Waals surface area contributed by atoms with Crippen molar-refractivity contribution < 1.29 is 19.4 Å². The third-order valence-corrected chi connectivity index (χ3v) is 8.00. The van der Waals surface area contributed by atoms with Crippen molar-refractivity contribution in [3.05, 3.63) is 35.4 Å². The fourth-order valence-corrected chi connectivity index (χ4v) is 4.50. The number of unbranched alkanes of at least 4 members (excludes halogenated alkanes) is 15. The lowest BCUT2D eigenvalue weighted by molar-refractivity contribution is -0.154. The van der Waals surface area contributed by atoms with E-state index in [1.165, 1.54) is 96.3 Å². The Labute approximate surface area is 241 Å². The first-order chi connectivity index (χ1) is 18.7. The van der Waals surface area contributed by atoms with Gasteiger partial charge in [-0.05, 0) is 50.7 Å². The highest BCUT2D eigenvalue weighted by atomic mass is 16.5. The van der Waals surface area contributed by atoms with Gasteiger partial charge in [0.05, 0.1) is 17.6 Å². The molecular weight excluding hydrogens is 484 g/mol. The minimum absolute atomic E-state index is 0.0408. The van der Waals surface area contributed by atoms with E-state index < -0.39 is 5.97 Å². The molecule has 0 saturated carbocycles. The summed E-state index contributed by atoms with van der Waals surface area (Å²) in [5.41, 5.74) is 1.03. The van der Waals surface area contributed by atoms with Crippen molar-refractivity contribution in [2.24, 2.45) is 5.41 Å². The molecule has 0 radical (unpaired) electrons. The average molecular weight is 547 g/mol. The second-order valence-corrected chi connectivity index (χ2v) is 11.9. The summed E-state index contributed by atoms with van der Waals surface area (Å²) in [5, 5.41) is 8.91. The third-order valence-electron chi connectivity index (χ3n) is 8.00. The summed E-state index contributed by atoms with van der Waals surface area (Å²) in [6, 6.07) is 7.19. The van der Waals surface area contributed by atoms with Crippen LogP contribution in [0.4, 0.5) is 0 Å². The number of carboxylic acids is 1. The van der Waals surface area contributed by atoms with Gasteiger partial charge in [0, 0.05) is 0 Å². The fraction of sp³-hybridized carbons (Fsp3) is 0.771. The maximum Gasteiger partial charge on any atom is 0.335 e. The molecule has 1 atom stereocenters. The van der Waals surface area contributed by atoms with Crippen LogP contribution < -0.4 is 0 Å². The molecule has 0 spiro atoms. The molecule has 0 aliphatic carbocycles. The summed E-state index contributed by atoms with van der Waals surface area (Å²) in [6.07, 6.45) is 23.7. The lowest BCUT2D eigenvalue weighted by Crippen LogP contribution is -2.26. The number of aromatic carboxylic acids is 1. The Morgan fingerprint density at radius 3 is 1.59 bits per heavy atom. The maximum absolute atomic E-state index is 11.8. The molecule has 0 aliphatic rings. The Morgan fingerprint density at radius 2 is 1.18 bits per heavy atom. The van der Waals surface area contributed by atoms with E-state index >= 15 is 0 Å². The summed E-state index contributed by atoms with van der Waals surface area (Å²) in [5.74, 6) is -0.566. The maximum atomic E-state index is 11.8. The van der Waals surface area contributed by atoms with Crippen LogP contribution in [0.25, 0.3) is 0 Å². The molecule has 1 rings (SSSR count). The number of rotatable bonds is 22. The van der Waals surface area contributed by atoms with Crippen LogP contribution in [0.5, 0.6) is 0 Å². The molecule has 4 heteroatoms. The van der Waals surface area contributed by atoms with Crippen molar-refractivity contribution in [3.63, 3.8) is 0 Å². The van der Waals surface area contributed by atoms with E-state index in [-0.39, 0.29) is 11.4 Å². The number of ether oxygens (including phenoxy) is 1. The molecular formula is C35H62O4. The Hall–Kier alpha value is -1.84. The van der Waals surface area contributed by atoms with Crippen molar-refractivity contribution >= 4 is 11.9 Å². The molecule has 0 amide bonds. The van der Waals surface area contributed by atoms with Crippen LogP contribution in [0.3, 0.4) is 0 Å². The quantitative estimate of drug-likeness (QED) is 0.116. The van der Waals surface area contributed by atoms with Gasteiger partial charge in [0.2, 0.25) is 0 Å². The number of hydrogen-bond acceptors (Lipinski definition) is 3. The molecule has 1 N–H and O–H groups in total. The standard InChI is InChI=1S/C24H48O2.C11H14O2/c1-5-7-8-9-10-11-12-13-14-15-16-17-18-19-20-21-22-26-23(25)24(3,4)6-2;1-3-8(2)9-6-4-5-7-10(9)11(12)13/h5-22H2,1-4H3;4-8H,3H2,1-2H3,(H,12,13). The van der Waals surface area contributed by atoms with Crippen LogP contribution in [0.2, 0.25) is 0 Å². The van der Waals surface area contributed by atoms with Crippen LogP contribution in [-0.2, 0) is 9.53 Å². The lowest BCUT2D eigenvalue weighted by atomic mass is 9.91. The van der Waals surface area contributed by atoms with Gasteiger partial charge in [-0.15, -0.1) is 0 Å². The molecule has 0 bridgehead atoms. The molecule has 4 nitrogen and oxygen atoms in total. The van der Waals surface area contributed by atoms with Crippen molar-refractivity contribution in [2.45, 2.75) is 163 Å². The number of benzene rings is 1. The normalized spacial score (nSPS) is 11.9. The Balaban J connectivity index is 0.000000921. The Bertz CT molecular complexity index is 740. The Kier molecular flexibility index (Phi) is 22.9. The van der Waals surface area contributed by atoms with Gasteiger partial charge in [-0.2, -0.15) is 0 Å². The van der Waals surface area contributed by atoms with E-state index in [1.54, 1.807) is 12.1 Å². The molecule has 39 heavy (non-hydrogen) atoms. The van der Waals surface area contributed by atoms with Gasteiger partial charge in [0.15, 0.2) is 0 Å². The monoisotopic (exact) mass is 546 g/mol. The van der Waals surface area contributed by atoms with Crippen molar-refractivity contribution in [1.29, 1.82) is 0 Å². The first-order valence-corrected chi connectivity index (χ1v) is 16.2. The minimum Gasteiger partial charge on any atom is -0.478 e. The molecule has 0 aromatic heterocycles. The topological polar surface area (TPSA) is 63.6 Å². The van der Waals surface area contributed by atoms with Gasteiger partial charge < -0.3 is 9.84 Å². The number of carboxylic acid groups (broad SMARTS) is 1. The largest absolute Gasteiger partial charge is 0.478 e. The highest BCUT2D eigenvalue weighted by Crippen LogP contribution is 2.23. The predicted molar refractivity (Wildman–Crippen MR) is 167 cm³/mol. The fourth-order valence-electron chi connectivity index (χ4n) is 4.50. The van der Waals surface area contributed by atoms with Crippen molar-refractivity contribution in [3.8, 4) is 0 Å². The van der Waals surface area contributed by atoms with Gasteiger partial charge in [-0.3, -0.25) is 4.79 Å². The lowest BCUT2D eigenvalue weighted by Gasteiger charge is -2.20. The number of carbonyl (C=O) groups is 2. The van der Waals surface area contributed by atoms with Gasteiger partial charge in [-0.25, -0.2) is 4.79 Å². The van der Waals surface area contributed by atoms with E-state index in [2.05, 4.69) is 13.8 Å². The summed E-state index contributed by atoms with van der Waals surface area (Å²) in [4.78, 5) is 22.7. The molecule has 1 aromatic rings. The minimum atomic E-state index is -0.837. The molecule has 226 valence electrons. The first-order valence-electron chi connectivity index (χ1n) is 16.2. The second kappa shape index (κ2) is 24.0. The summed E-state index contributed by atoms with van der Waals surface area (Å²) in [6.45, 7) is 12.9. The summed E-state index contributed by atoms with van der Waals surface area (Å²) >= 11 is 0. The molecule has 0 saturated heterocycles. The zero-order valence-electron chi connectivity index (χ0n) is 26.5. The van der Waals surface area contributed by atoms with E-state index in [4.69, 9.17) is 9.84 Å².